The number of carbonyl (C=O) groups excluding carboxylic acids is 2. The number of carbonyl (C=O) groups is 2. The van der Waals surface area contributed by atoms with Crippen LogP contribution in [0.2, 0.25) is 0 Å². The van der Waals surface area contributed by atoms with Gasteiger partial charge in [0.05, 0.1) is 19.3 Å². The summed E-state index contributed by atoms with van der Waals surface area (Å²) in [6, 6.07) is 5.56. The van der Waals surface area contributed by atoms with Crippen LogP contribution in [-0.2, 0) is 15.7 Å². The van der Waals surface area contributed by atoms with Crippen molar-refractivity contribution >= 4 is 11.8 Å². The molecule has 160 valence electrons. The standard InChI is InChI=1S/C19H19F3N4O4/c20-19(21,22)18-24-15(25-30-18)11-1-3-12(4-2-11)16(27)23-9-14-10-29-8-7-26(14)17(28)13-5-6-13/h1-4,13-14H,5-10H2,(H,23,27). The van der Waals surface area contributed by atoms with Crippen LogP contribution >= 0.6 is 0 Å². The van der Waals surface area contributed by atoms with Crippen LogP contribution in [-0.4, -0.2) is 59.2 Å². The van der Waals surface area contributed by atoms with E-state index in [0.29, 0.717) is 25.3 Å². The molecule has 2 aromatic rings. The zero-order chi connectivity index (χ0) is 21.3. The zero-order valence-electron chi connectivity index (χ0n) is 15.8. The summed E-state index contributed by atoms with van der Waals surface area (Å²) in [7, 11) is 0. The van der Waals surface area contributed by atoms with Gasteiger partial charge in [-0.2, -0.15) is 18.2 Å². The molecule has 11 heteroatoms. The van der Waals surface area contributed by atoms with Gasteiger partial charge in [-0.25, -0.2) is 0 Å². The fraction of sp³-hybridized carbons (Fsp3) is 0.474. The third kappa shape index (κ3) is 4.45. The molecule has 1 aromatic carbocycles. The van der Waals surface area contributed by atoms with Crippen molar-refractivity contribution in [3.05, 3.63) is 35.7 Å². The van der Waals surface area contributed by atoms with Gasteiger partial charge < -0.3 is 19.5 Å². The highest BCUT2D eigenvalue weighted by Gasteiger charge is 2.39. The number of hydrogen-bond donors (Lipinski definition) is 1. The van der Waals surface area contributed by atoms with Gasteiger partial charge in [0.15, 0.2) is 0 Å². The highest BCUT2D eigenvalue weighted by Crippen LogP contribution is 2.32. The molecule has 1 saturated heterocycles. The van der Waals surface area contributed by atoms with E-state index in [0.717, 1.165) is 12.8 Å². The van der Waals surface area contributed by atoms with Crippen LogP contribution in [0.1, 0.15) is 29.1 Å². The van der Waals surface area contributed by atoms with Crippen LogP contribution in [0.5, 0.6) is 0 Å². The molecule has 2 heterocycles. The lowest BCUT2D eigenvalue weighted by Gasteiger charge is -2.35. The molecular formula is C19H19F3N4O4. The van der Waals surface area contributed by atoms with E-state index < -0.39 is 12.1 Å². The molecule has 1 atom stereocenters. The molecular weight excluding hydrogens is 405 g/mol. The van der Waals surface area contributed by atoms with E-state index >= 15 is 0 Å². The van der Waals surface area contributed by atoms with Gasteiger partial charge in [-0.1, -0.05) is 17.3 Å². The van der Waals surface area contributed by atoms with Gasteiger partial charge in [-0.15, -0.1) is 0 Å². The second-order valence-corrected chi connectivity index (χ2v) is 7.24. The topological polar surface area (TPSA) is 97.6 Å². The van der Waals surface area contributed by atoms with E-state index in [1.165, 1.54) is 24.3 Å². The van der Waals surface area contributed by atoms with Crippen molar-refractivity contribution in [2.45, 2.75) is 25.1 Å². The molecule has 0 spiro atoms. The van der Waals surface area contributed by atoms with Crippen LogP contribution in [0.4, 0.5) is 13.2 Å². The van der Waals surface area contributed by atoms with Gasteiger partial charge in [0.2, 0.25) is 11.7 Å². The number of hydrogen-bond acceptors (Lipinski definition) is 6. The second-order valence-electron chi connectivity index (χ2n) is 7.24. The van der Waals surface area contributed by atoms with Crippen LogP contribution in [0.25, 0.3) is 11.4 Å². The third-order valence-corrected chi connectivity index (χ3v) is 5.01. The summed E-state index contributed by atoms with van der Waals surface area (Å²) >= 11 is 0. The highest BCUT2D eigenvalue weighted by molar-refractivity contribution is 5.94. The average Bonchev–Trinajstić information content (AvgIpc) is 3.46. The lowest BCUT2D eigenvalue weighted by atomic mass is 10.1. The fourth-order valence-corrected chi connectivity index (χ4v) is 3.22. The van der Waals surface area contributed by atoms with E-state index in [9.17, 15) is 22.8 Å². The van der Waals surface area contributed by atoms with E-state index in [1.54, 1.807) is 4.90 Å². The minimum atomic E-state index is -4.72. The van der Waals surface area contributed by atoms with Crippen LogP contribution in [0, 0.1) is 5.92 Å². The number of amides is 2. The quantitative estimate of drug-likeness (QED) is 0.790. The number of ether oxygens (including phenoxy) is 1. The molecule has 0 bridgehead atoms. The Morgan fingerprint density at radius 2 is 1.93 bits per heavy atom. The number of rotatable bonds is 5. The molecule has 1 N–H and O–H groups in total. The van der Waals surface area contributed by atoms with Gasteiger partial charge >= 0.3 is 12.1 Å². The SMILES string of the molecule is O=C(NCC1COCCN1C(=O)C1CC1)c1ccc(-c2noc(C(F)(F)F)n2)cc1. The monoisotopic (exact) mass is 424 g/mol. The molecule has 1 saturated carbocycles. The Kier molecular flexibility index (Phi) is 5.46. The van der Waals surface area contributed by atoms with Crippen molar-refractivity contribution in [1.29, 1.82) is 0 Å². The van der Waals surface area contributed by atoms with Gasteiger partial charge in [-0.05, 0) is 25.0 Å². The van der Waals surface area contributed by atoms with Gasteiger partial charge in [0.1, 0.15) is 0 Å². The van der Waals surface area contributed by atoms with Crippen LogP contribution < -0.4 is 5.32 Å². The first-order valence-electron chi connectivity index (χ1n) is 9.50. The summed E-state index contributed by atoms with van der Waals surface area (Å²) < 4.78 is 47.4. The first-order chi connectivity index (χ1) is 14.3. The number of morpholine rings is 1. The first-order valence-corrected chi connectivity index (χ1v) is 9.50. The molecule has 8 nitrogen and oxygen atoms in total. The fourth-order valence-electron chi connectivity index (χ4n) is 3.22. The lowest BCUT2D eigenvalue weighted by Crippen LogP contribution is -2.54. The summed E-state index contributed by atoms with van der Waals surface area (Å²) in [5, 5.41) is 6.10. The molecule has 1 unspecified atom stereocenters. The van der Waals surface area contributed by atoms with Crippen molar-refractivity contribution in [3.63, 3.8) is 0 Å². The number of aromatic nitrogens is 2. The molecule has 4 rings (SSSR count). The maximum atomic E-state index is 12.6. The predicted octanol–water partition coefficient (Wildman–Crippen LogP) is 2.12. The largest absolute Gasteiger partial charge is 0.471 e. The Balaban J connectivity index is 1.36. The minimum absolute atomic E-state index is 0.0943. The van der Waals surface area contributed by atoms with Gasteiger partial charge in [-0.3, -0.25) is 9.59 Å². The summed E-state index contributed by atoms with van der Waals surface area (Å²) in [5.41, 5.74) is 0.600. The van der Waals surface area contributed by atoms with E-state index in [2.05, 4.69) is 20.0 Å². The number of halogens is 3. The molecule has 0 radical (unpaired) electrons. The van der Waals surface area contributed by atoms with Crippen molar-refractivity contribution in [2.24, 2.45) is 5.92 Å². The van der Waals surface area contributed by atoms with Crippen molar-refractivity contribution in [3.8, 4) is 11.4 Å². The van der Waals surface area contributed by atoms with E-state index in [1.807, 2.05) is 0 Å². The Morgan fingerprint density at radius 1 is 1.20 bits per heavy atom. The molecule has 1 aliphatic heterocycles. The van der Waals surface area contributed by atoms with Crippen molar-refractivity contribution in [2.75, 3.05) is 26.3 Å². The van der Waals surface area contributed by atoms with Gasteiger partial charge in [0, 0.05) is 30.1 Å². The third-order valence-electron chi connectivity index (χ3n) is 5.01. The molecule has 30 heavy (non-hydrogen) atoms. The molecule has 2 aliphatic rings. The smallest absolute Gasteiger partial charge is 0.377 e. The zero-order valence-corrected chi connectivity index (χ0v) is 15.8. The summed E-state index contributed by atoms with van der Waals surface area (Å²) in [5.74, 6) is -1.81. The predicted molar refractivity (Wildman–Crippen MR) is 96.1 cm³/mol. The minimum Gasteiger partial charge on any atom is -0.377 e. The summed E-state index contributed by atoms with van der Waals surface area (Å²) in [6.45, 7) is 1.60. The average molecular weight is 424 g/mol. The molecule has 2 amide bonds. The van der Waals surface area contributed by atoms with Crippen LogP contribution in [0.3, 0.4) is 0 Å². The van der Waals surface area contributed by atoms with Gasteiger partial charge in [0.25, 0.3) is 5.91 Å². The molecule has 2 fully saturated rings. The molecule has 1 aliphatic carbocycles. The summed E-state index contributed by atoms with van der Waals surface area (Å²) in [6.07, 6.45) is -2.90. The number of alkyl halides is 3. The normalized spacial score (nSPS) is 19.6. The Labute approximate surface area is 169 Å². The Bertz CT molecular complexity index is 925. The molecule has 1 aromatic heterocycles. The highest BCUT2D eigenvalue weighted by atomic mass is 19.4. The number of nitrogens with one attached hydrogen (secondary N) is 1. The number of nitrogens with zero attached hydrogens (tertiary/aromatic N) is 3. The first kappa shape index (κ1) is 20.3. The maximum Gasteiger partial charge on any atom is 0.471 e. The van der Waals surface area contributed by atoms with E-state index in [-0.39, 0.29) is 41.7 Å². The number of benzene rings is 1. The Hall–Kier alpha value is -2.95. The van der Waals surface area contributed by atoms with E-state index in [4.69, 9.17) is 4.74 Å². The second kappa shape index (κ2) is 8.05. The summed E-state index contributed by atoms with van der Waals surface area (Å²) in [4.78, 5) is 29.9. The van der Waals surface area contributed by atoms with Crippen molar-refractivity contribution in [1.82, 2.24) is 20.4 Å². The Morgan fingerprint density at radius 3 is 2.57 bits per heavy atom. The van der Waals surface area contributed by atoms with Crippen molar-refractivity contribution < 1.29 is 32.0 Å². The van der Waals surface area contributed by atoms with Crippen LogP contribution in [0.15, 0.2) is 28.8 Å². The maximum absolute atomic E-state index is 12.6. The lowest BCUT2D eigenvalue weighted by molar-refractivity contribution is -0.159.